The predicted molar refractivity (Wildman–Crippen MR) is 66.4 cm³/mol. The Morgan fingerprint density at radius 2 is 2.35 bits per heavy atom. The van der Waals surface area contributed by atoms with Gasteiger partial charge < -0.3 is 20.1 Å². The molecule has 1 unspecified atom stereocenters. The third kappa shape index (κ3) is 1.52. The van der Waals surface area contributed by atoms with Crippen LogP contribution in [0.4, 0.5) is 0 Å². The molecule has 1 atom stereocenters. The molecule has 0 bridgehead atoms. The van der Waals surface area contributed by atoms with Gasteiger partial charge in [-0.1, -0.05) is 12.1 Å². The van der Waals surface area contributed by atoms with Crippen molar-refractivity contribution in [3.05, 3.63) is 29.5 Å². The van der Waals surface area contributed by atoms with E-state index in [1.54, 1.807) is 7.11 Å². The average Bonchev–Trinajstić information content (AvgIpc) is 2.77. The monoisotopic (exact) mass is 232 g/mol. The Morgan fingerprint density at radius 3 is 3.12 bits per heavy atom. The van der Waals surface area contributed by atoms with Gasteiger partial charge in [0.25, 0.3) is 0 Å². The Bertz CT molecular complexity index is 548. The van der Waals surface area contributed by atoms with E-state index in [1.807, 2.05) is 12.1 Å². The summed E-state index contributed by atoms with van der Waals surface area (Å²) in [5.74, 6) is 0.855. The van der Waals surface area contributed by atoms with Crippen LogP contribution < -0.4 is 10.1 Å². The van der Waals surface area contributed by atoms with Crippen LogP contribution in [0.5, 0.6) is 5.75 Å². The minimum Gasteiger partial charge on any atom is -0.495 e. The Morgan fingerprint density at radius 1 is 1.47 bits per heavy atom. The lowest BCUT2D eigenvalue weighted by atomic mass is 10.00. The number of hydrogen-bond donors (Lipinski definition) is 3. The predicted octanol–water partition coefficient (Wildman–Crippen LogP) is 1.36. The fourth-order valence-corrected chi connectivity index (χ4v) is 2.63. The van der Waals surface area contributed by atoms with Gasteiger partial charge in [0.2, 0.25) is 0 Å². The molecule has 1 aromatic carbocycles. The summed E-state index contributed by atoms with van der Waals surface area (Å²) in [7, 11) is 1.68. The molecule has 1 aliphatic rings. The number of aromatic amines is 1. The van der Waals surface area contributed by atoms with Crippen LogP contribution in [0.25, 0.3) is 10.9 Å². The van der Waals surface area contributed by atoms with E-state index in [-0.39, 0.29) is 12.6 Å². The normalized spacial score (nSPS) is 19.3. The van der Waals surface area contributed by atoms with Crippen molar-refractivity contribution in [2.24, 2.45) is 0 Å². The number of hydrogen-bond acceptors (Lipinski definition) is 3. The van der Waals surface area contributed by atoms with E-state index in [0.29, 0.717) is 0 Å². The molecule has 0 saturated heterocycles. The lowest BCUT2D eigenvalue weighted by Gasteiger charge is -2.22. The van der Waals surface area contributed by atoms with Crippen molar-refractivity contribution < 1.29 is 9.84 Å². The number of aliphatic hydroxyl groups excluding tert-OH is 1. The molecule has 1 aliphatic heterocycles. The SMILES string of the molecule is COc1cccc2c3c([nH]c12)C(CO)NCC3. The number of H-pyrrole nitrogens is 1. The van der Waals surface area contributed by atoms with E-state index in [2.05, 4.69) is 16.4 Å². The van der Waals surface area contributed by atoms with Crippen molar-refractivity contribution in [2.45, 2.75) is 12.5 Å². The van der Waals surface area contributed by atoms with E-state index in [1.165, 1.54) is 10.9 Å². The highest BCUT2D eigenvalue weighted by atomic mass is 16.5. The van der Waals surface area contributed by atoms with Crippen molar-refractivity contribution in [1.82, 2.24) is 10.3 Å². The van der Waals surface area contributed by atoms with E-state index >= 15 is 0 Å². The van der Waals surface area contributed by atoms with Crippen LogP contribution in [0, 0.1) is 0 Å². The van der Waals surface area contributed by atoms with Crippen LogP contribution in [0.15, 0.2) is 18.2 Å². The average molecular weight is 232 g/mol. The summed E-state index contributed by atoms with van der Waals surface area (Å²) >= 11 is 0. The van der Waals surface area contributed by atoms with E-state index in [4.69, 9.17) is 4.74 Å². The number of aliphatic hydroxyl groups is 1. The summed E-state index contributed by atoms with van der Waals surface area (Å²) in [5, 5.41) is 13.9. The zero-order chi connectivity index (χ0) is 11.8. The van der Waals surface area contributed by atoms with Crippen molar-refractivity contribution in [1.29, 1.82) is 0 Å². The molecule has 2 aromatic rings. The van der Waals surface area contributed by atoms with Crippen molar-refractivity contribution in [3.8, 4) is 5.75 Å². The standard InChI is InChI=1S/C13H16N2O2/c1-17-11-4-2-3-8-9-5-6-14-10(7-16)12(9)15-13(8)11/h2-4,10,14-16H,5-7H2,1H3. The summed E-state index contributed by atoms with van der Waals surface area (Å²) in [6, 6.07) is 6.07. The molecule has 0 fully saturated rings. The number of methoxy groups -OCH3 is 1. The first kappa shape index (κ1) is 10.6. The lowest BCUT2D eigenvalue weighted by Crippen LogP contribution is -2.31. The van der Waals surface area contributed by atoms with Crippen LogP contribution in [0.2, 0.25) is 0 Å². The first-order chi connectivity index (χ1) is 8.35. The smallest absolute Gasteiger partial charge is 0.142 e. The maximum Gasteiger partial charge on any atom is 0.142 e. The molecular weight excluding hydrogens is 216 g/mol. The number of benzene rings is 1. The molecule has 1 aromatic heterocycles. The highest BCUT2D eigenvalue weighted by Gasteiger charge is 2.23. The molecule has 0 radical (unpaired) electrons. The number of rotatable bonds is 2. The maximum absolute atomic E-state index is 9.38. The van der Waals surface area contributed by atoms with Crippen LogP contribution in [0.1, 0.15) is 17.3 Å². The largest absolute Gasteiger partial charge is 0.495 e. The first-order valence-corrected chi connectivity index (χ1v) is 5.87. The Labute approximate surface area is 99.6 Å². The second-order valence-corrected chi connectivity index (χ2v) is 4.34. The number of para-hydroxylation sites is 1. The van der Waals surface area contributed by atoms with Crippen LogP contribution >= 0.6 is 0 Å². The zero-order valence-electron chi connectivity index (χ0n) is 9.79. The fraction of sp³-hybridized carbons (Fsp3) is 0.385. The molecule has 0 aliphatic carbocycles. The Kier molecular flexibility index (Phi) is 2.53. The van der Waals surface area contributed by atoms with Gasteiger partial charge in [0.05, 0.1) is 25.3 Å². The molecule has 3 rings (SSSR count). The van der Waals surface area contributed by atoms with E-state index < -0.39 is 0 Å². The second kappa shape index (κ2) is 4.05. The van der Waals surface area contributed by atoms with Gasteiger partial charge in [0, 0.05) is 11.1 Å². The molecule has 0 amide bonds. The highest BCUT2D eigenvalue weighted by molar-refractivity contribution is 5.90. The number of ether oxygens (including phenoxy) is 1. The minimum absolute atomic E-state index is 0.0101. The molecule has 3 N–H and O–H groups in total. The topological polar surface area (TPSA) is 57.3 Å². The molecule has 0 spiro atoms. The fourth-order valence-electron chi connectivity index (χ4n) is 2.63. The summed E-state index contributed by atoms with van der Waals surface area (Å²) < 4.78 is 5.36. The van der Waals surface area contributed by atoms with Gasteiger partial charge in [0.15, 0.2) is 0 Å². The molecule has 4 heteroatoms. The van der Waals surface area contributed by atoms with Gasteiger partial charge in [-0.15, -0.1) is 0 Å². The molecule has 17 heavy (non-hydrogen) atoms. The van der Waals surface area contributed by atoms with E-state index in [9.17, 15) is 5.11 Å². The second-order valence-electron chi connectivity index (χ2n) is 4.34. The quantitative estimate of drug-likeness (QED) is 0.732. The third-order valence-corrected chi connectivity index (χ3v) is 3.45. The van der Waals surface area contributed by atoms with Crippen LogP contribution in [-0.2, 0) is 6.42 Å². The number of nitrogens with one attached hydrogen (secondary N) is 2. The Hall–Kier alpha value is -1.52. The van der Waals surface area contributed by atoms with Gasteiger partial charge in [-0.05, 0) is 24.6 Å². The van der Waals surface area contributed by atoms with Gasteiger partial charge in [-0.2, -0.15) is 0 Å². The summed E-state index contributed by atoms with van der Waals surface area (Å²) in [6.45, 7) is 1.02. The maximum atomic E-state index is 9.38. The van der Waals surface area contributed by atoms with Crippen LogP contribution in [0.3, 0.4) is 0 Å². The van der Waals surface area contributed by atoms with Crippen molar-refractivity contribution >= 4 is 10.9 Å². The lowest BCUT2D eigenvalue weighted by molar-refractivity contribution is 0.238. The first-order valence-electron chi connectivity index (χ1n) is 5.87. The number of fused-ring (bicyclic) bond motifs is 3. The Balaban J connectivity index is 2.25. The summed E-state index contributed by atoms with van der Waals surface area (Å²) in [4.78, 5) is 3.39. The van der Waals surface area contributed by atoms with Gasteiger partial charge in [-0.3, -0.25) is 0 Å². The third-order valence-electron chi connectivity index (χ3n) is 3.45. The summed E-state index contributed by atoms with van der Waals surface area (Å²) in [5.41, 5.74) is 3.43. The molecule has 90 valence electrons. The number of aromatic nitrogens is 1. The molecular formula is C13H16N2O2. The summed E-state index contributed by atoms with van der Waals surface area (Å²) in [6.07, 6.45) is 0.985. The van der Waals surface area contributed by atoms with Crippen molar-refractivity contribution in [3.63, 3.8) is 0 Å². The molecule has 2 heterocycles. The minimum atomic E-state index is 0.0101. The molecule has 0 saturated carbocycles. The van der Waals surface area contributed by atoms with Gasteiger partial charge in [0.1, 0.15) is 5.75 Å². The van der Waals surface area contributed by atoms with Gasteiger partial charge >= 0.3 is 0 Å². The van der Waals surface area contributed by atoms with Crippen molar-refractivity contribution in [2.75, 3.05) is 20.3 Å². The molecule has 4 nitrogen and oxygen atoms in total. The van der Waals surface area contributed by atoms with E-state index in [0.717, 1.165) is 29.9 Å². The van der Waals surface area contributed by atoms with Gasteiger partial charge in [-0.25, -0.2) is 0 Å². The zero-order valence-corrected chi connectivity index (χ0v) is 9.79. The van der Waals surface area contributed by atoms with Crippen LogP contribution in [-0.4, -0.2) is 30.4 Å². The highest BCUT2D eigenvalue weighted by Crippen LogP contribution is 2.34.